The number of carbonyl (C=O) groups excluding carboxylic acids is 1. The van der Waals surface area contributed by atoms with Crippen molar-refractivity contribution >= 4 is 33.4 Å². The molecule has 1 unspecified atom stereocenters. The Bertz CT molecular complexity index is 1410. The molecule has 4 aromatic rings. The predicted octanol–water partition coefficient (Wildman–Crippen LogP) is 2.90. The monoisotopic (exact) mass is 472 g/mol. The zero-order valence-corrected chi connectivity index (χ0v) is 20.3. The van der Waals surface area contributed by atoms with Gasteiger partial charge in [-0.05, 0) is 50.6 Å². The number of nitrogens with zero attached hydrogens (tertiary/aromatic N) is 4. The van der Waals surface area contributed by atoms with Crippen molar-refractivity contribution < 1.29 is 4.79 Å². The highest BCUT2D eigenvalue weighted by Gasteiger charge is 2.23. The topological polar surface area (TPSA) is 86.3 Å². The summed E-state index contributed by atoms with van der Waals surface area (Å²) in [4.78, 5) is 33.4. The molecular formula is C27H32N6O2. The number of fused-ring (bicyclic) bond motifs is 3. The maximum Gasteiger partial charge on any atom is 0.291 e. The normalized spacial score (nSPS) is 16.7. The molecule has 182 valence electrons. The number of benzene rings is 2. The Morgan fingerprint density at radius 3 is 2.83 bits per heavy atom. The summed E-state index contributed by atoms with van der Waals surface area (Å²) in [6, 6.07) is 16.9. The lowest BCUT2D eigenvalue weighted by molar-refractivity contribution is -0.121. The molecule has 2 N–H and O–H groups in total. The number of rotatable bonds is 7. The van der Waals surface area contributed by atoms with Crippen LogP contribution >= 0.6 is 0 Å². The van der Waals surface area contributed by atoms with Gasteiger partial charge in [0.1, 0.15) is 12.1 Å². The largest absolute Gasteiger partial charge is 0.366 e. The fraction of sp³-hybridized carbons (Fsp3) is 0.370. The van der Waals surface area contributed by atoms with E-state index in [0.29, 0.717) is 18.1 Å². The number of piperazine rings is 1. The molecule has 1 fully saturated rings. The second-order valence-corrected chi connectivity index (χ2v) is 9.45. The van der Waals surface area contributed by atoms with Gasteiger partial charge in [0, 0.05) is 54.2 Å². The van der Waals surface area contributed by atoms with E-state index in [1.54, 1.807) is 6.20 Å². The van der Waals surface area contributed by atoms with Crippen LogP contribution in [0.3, 0.4) is 0 Å². The number of aromatic amines is 1. The van der Waals surface area contributed by atoms with Crippen molar-refractivity contribution in [1.82, 2.24) is 25.0 Å². The first-order valence-corrected chi connectivity index (χ1v) is 12.3. The molecule has 5 rings (SSSR count). The van der Waals surface area contributed by atoms with Gasteiger partial charge in [0.05, 0.1) is 6.20 Å². The average Bonchev–Trinajstić information content (AvgIpc) is 3.23. The lowest BCUT2D eigenvalue weighted by Gasteiger charge is -2.41. The smallest absolute Gasteiger partial charge is 0.291 e. The van der Waals surface area contributed by atoms with Crippen LogP contribution in [0.25, 0.3) is 21.8 Å². The minimum absolute atomic E-state index is 0.0870. The molecule has 8 nitrogen and oxygen atoms in total. The van der Waals surface area contributed by atoms with Crippen molar-refractivity contribution in [3.63, 3.8) is 0 Å². The van der Waals surface area contributed by atoms with Crippen LogP contribution in [0.2, 0.25) is 0 Å². The third-order valence-corrected chi connectivity index (χ3v) is 6.83. The summed E-state index contributed by atoms with van der Waals surface area (Å²) in [5, 5.41) is 8.90. The molecule has 0 spiro atoms. The Morgan fingerprint density at radius 2 is 2.00 bits per heavy atom. The van der Waals surface area contributed by atoms with Crippen LogP contribution in [0.5, 0.6) is 0 Å². The van der Waals surface area contributed by atoms with Gasteiger partial charge in [-0.2, -0.15) is 5.10 Å². The van der Waals surface area contributed by atoms with Crippen LogP contribution in [-0.2, 0) is 11.3 Å². The summed E-state index contributed by atoms with van der Waals surface area (Å²) < 4.78 is 1.22. The third-order valence-electron chi connectivity index (χ3n) is 6.83. The molecule has 3 heterocycles. The van der Waals surface area contributed by atoms with Crippen LogP contribution in [0.4, 0.5) is 5.69 Å². The molecular weight excluding hydrogens is 440 g/mol. The number of nitrogens with one attached hydrogen (secondary N) is 2. The highest BCUT2D eigenvalue weighted by molar-refractivity contribution is 6.06. The zero-order chi connectivity index (χ0) is 24.4. The number of carbonyl (C=O) groups is 1. The van der Waals surface area contributed by atoms with Gasteiger partial charge in [-0.15, -0.1) is 0 Å². The van der Waals surface area contributed by atoms with E-state index in [9.17, 15) is 9.59 Å². The summed E-state index contributed by atoms with van der Waals surface area (Å²) in [5.41, 5.74) is 3.66. The number of anilines is 1. The maximum atomic E-state index is 12.8. The van der Waals surface area contributed by atoms with Crippen molar-refractivity contribution in [3.05, 3.63) is 70.6 Å². The van der Waals surface area contributed by atoms with E-state index in [0.717, 1.165) is 48.9 Å². The summed E-state index contributed by atoms with van der Waals surface area (Å²) in [6.45, 7) is 8.84. The first-order valence-electron chi connectivity index (χ1n) is 12.3. The van der Waals surface area contributed by atoms with Gasteiger partial charge < -0.3 is 15.2 Å². The highest BCUT2D eigenvalue weighted by Crippen LogP contribution is 2.22. The molecule has 8 heteroatoms. The fourth-order valence-electron chi connectivity index (χ4n) is 5.04. The van der Waals surface area contributed by atoms with E-state index in [1.807, 2.05) is 24.3 Å². The van der Waals surface area contributed by atoms with E-state index in [1.165, 1.54) is 15.9 Å². The Kier molecular flexibility index (Phi) is 6.55. The molecule has 35 heavy (non-hydrogen) atoms. The van der Waals surface area contributed by atoms with Crippen molar-refractivity contribution in [2.24, 2.45) is 0 Å². The summed E-state index contributed by atoms with van der Waals surface area (Å²) >= 11 is 0. The van der Waals surface area contributed by atoms with Gasteiger partial charge in [0.2, 0.25) is 5.91 Å². The van der Waals surface area contributed by atoms with Crippen molar-refractivity contribution in [2.45, 2.75) is 32.9 Å². The van der Waals surface area contributed by atoms with Crippen LogP contribution in [0.1, 0.15) is 18.9 Å². The highest BCUT2D eigenvalue weighted by atomic mass is 16.2. The van der Waals surface area contributed by atoms with Crippen LogP contribution < -0.4 is 15.8 Å². The molecule has 1 amide bonds. The molecule has 1 saturated heterocycles. The van der Waals surface area contributed by atoms with E-state index in [4.69, 9.17) is 0 Å². The molecule has 0 bridgehead atoms. The molecule has 1 aliphatic heterocycles. The maximum absolute atomic E-state index is 12.8. The van der Waals surface area contributed by atoms with E-state index < -0.39 is 0 Å². The Balaban J connectivity index is 1.10. The number of H-pyrrole nitrogens is 1. The number of para-hydroxylation sites is 1. The van der Waals surface area contributed by atoms with Crippen molar-refractivity contribution in [2.75, 3.05) is 37.6 Å². The summed E-state index contributed by atoms with van der Waals surface area (Å²) in [6.07, 6.45) is 2.52. The van der Waals surface area contributed by atoms with Gasteiger partial charge in [-0.25, -0.2) is 4.68 Å². The third kappa shape index (κ3) is 4.93. The quantitative estimate of drug-likeness (QED) is 0.404. The minimum Gasteiger partial charge on any atom is -0.366 e. The lowest BCUT2D eigenvalue weighted by Crippen LogP contribution is -2.52. The second kappa shape index (κ2) is 9.92. The van der Waals surface area contributed by atoms with Gasteiger partial charge in [-0.3, -0.25) is 14.5 Å². The van der Waals surface area contributed by atoms with E-state index in [2.05, 4.69) is 63.3 Å². The van der Waals surface area contributed by atoms with E-state index in [-0.39, 0.29) is 18.0 Å². The Labute approximate surface area is 204 Å². The molecule has 0 radical (unpaired) electrons. The van der Waals surface area contributed by atoms with Crippen molar-refractivity contribution in [3.8, 4) is 0 Å². The minimum atomic E-state index is -0.283. The van der Waals surface area contributed by atoms with Gasteiger partial charge in [0.25, 0.3) is 5.56 Å². The van der Waals surface area contributed by atoms with E-state index >= 15 is 0 Å². The summed E-state index contributed by atoms with van der Waals surface area (Å²) in [7, 11) is 0. The number of hydrogen-bond acceptors (Lipinski definition) is 5. The standard InChI is InChI=1S/C27H32N6O2/c1-19-7-5-8-21(15-19)32-14-13-31(17-20(32)2)12-6-11-28-25(34)18-33-27(35)26-23(16-29-33)22-9-3-4-10-24(22)30-26/h3-5,7-10,15-16,20,30H,6,11-14,17-18H2,1-2H3,(H,28,34). The van der Waals surface area contributed by atoms with Gasteiger partial charge in [0.15, 0.2) is 0 Å². The summed E-state index contributed by atoms with van der Waals surface area (Å²) in [5.74, 6) is -0.201. The SMILES string of the molecule is Cc1cccc(N2CCN(CCCNC(=O)Cn3ncc4c([nH]c5ccccc54)c3=O)CC2C)c1. The molecule has 1 aliphatic rings. The average molecular weight is 473 g/mol. The number of amides is 1. The first kappa shape index (κ1) is 23.1. The molecule has 2 aromatic heterocycles. The molecule has 0 saturated carbocycles. The molecule has 0 aliphatic carbocycles. The Morgan fingerprint density at radius 1 is 1.14 bits per heavy atom. The van der Waals surface area contributed by atoms with Crippen LogP contribution in [-0.4, -0.2) is 64.3 Å². The first-order chi connectivity index (χ1) is 17.0. The number of aryl methyl sites for hydroxylation is 1. The second-order valence-electron chi connectivity index (χ2n) is 9.45. The van der Waals surface area contributed by atoms with Gasteiger partial charge >= 0.3 is 0 Å². The predicted molar refractivity (Wildman–Crippen MR) is 140 cm³/mol. The number of aromatic nitrogens is 3. The fourth-order valence-corrected chi connectivity index (χ4v) is 5.04. The number of hydrogen-bond donors (Lipinski definition) is 2. The van der Waals surface area contributed by atoms with Crippen molar-refractivity contribution in [1.29, 1.82) is 0 Å². The van der Waals surface area contributed by atoms with Crippen LogP contribution in [0, 0.1) is 6.92 Å². The molecule has 1 atom stereocenters. The Hall–Kier alpha value is -3.65. The molecule has 2 aromatic carbocycles. The lowest BCUT2D eigenvalue weighted by atomic mass is 10.1. The zero-order valence-electron chi connectivity index (χ0n) is 20.3. The van der Waals surface area contributed by atoms with Crippen LogP contribution in [0.15, 0.2) is 59.5 Å². The van der Waals surface area contributed by atoms with Gasteiger partial charge in [-0.1, -0.05) is 30.3 Å².